The van der Waals surface area contributed by atoms with E-state index in [1.807, 2.05) is 59.2 Å². The molecule has 1 N–H and O–H groups in total. The molecule has 0 saturated heterocycles. The number of rotatable bonds is 3. The first-order valence-corrected chi connectivity index (χ1v) is 7.41. The predicted octanol–water partition coefficient (Wildman–Crippen LogP) is 3.55. The standard InChI is InChI=1S/C16H12ClN5/c17-10-14-20-21-16(22(14)11-6-2-1-3-7-11)15-18-12-8-4-5-9-13(12)19-15/h1-9H,10H2,(H,18,19). The van der Waals surface area contributed by atoms with Crippen LogP contribution in [0.2, 0.25) is 0 Å². The first kappa shape index (κ1) is 13.0. The zero-order valence-corrected chi connectivity index (χ0v) is 12.3. The largest absolute Gasteiger partial charge is 0.335 e. The van der Waals surface area contributed by atoms with Crippen LogP contribution in [0.25, 0.3) is 28.4 Å². The highest BCUT2D eigenvalue weighted by Crippen LogP contribution is 2.23. The molecule has 2 heterocycles. The van der Waals surface area contributed by atoms with E-state index in [0.29, 0.717) is 17.5 Å². The second kappa shape index (κ2) is 5.27. The van der Waals surface area contributed by atoms with Crippen molar-refractivity contribution in [1.29, 1.82) is 0 Å². The van der Waals surface area contributed by atoms with E-state index < -0.39 is 0 Å². The Kier molecular flexibility index (Phi) is 3.12. The van der Waals surface area contributed by atoms with Crippen LogP contribution >= 0.6 is 11.6 Å². The number of benzene rings is 2. The molecule has 0 radical (unpaired) electrons. The lowest BCUT2D eigenvalue weighted by Crippen LogP contribution is -2.02. The maximum absolute atomic E-state index is 6.01. The minimum atomic E-state index is 0.280. The number of halogens is 1. The van der Waals surface area contributed by atoms with Crippen LogP contribution in [-0.2, 0) is 5.88 Å². The first-order chi connectivity index (χ1) is 10.9. The average molecular weight is 310 g/mol. The highest BCUT2D eigenvalue weighted by molar-refractivity contribution is 6.16. The molecule has 0 aliphatic rings. The van der Waals surface area contributed by atoms with Gasteiger partial charge in [-0.2, -0.15) is 0 Å². The third-order valence-corrected chi connectivity index (χ3v) is 3.70. The maximum atomic E-state index is 6.01. The molecule has 0 bridgehead atoms. The van der Waals surface area contributed by atoms with Crippen LogP contribution in [0.15, 0.2) is 54.6 Å². The number of nitrogens with one attached hydrogen (secondary N) is 1. The molecular formula is C16H12ClN5. The van der Waals surface area contributed by atoms with Crippen molar-refractivity contribution >= 4 is 22.6 Å². The third-order valence-electron chi connectivity index (χ3n) is 3.47. The molecule has 0 atom stereocenters. The van der Waals surface area contributed by atoms with Gasteiger partial charge in [0.1, 0.15) is 0 Å². The molecular weight excluding hydrogens is 298 g/mol. The summed E-state index contributed by atoms with van der Waals surface area (Å²) in [5.74, 6) is 2.29. The summed E-state index contributed by atoms with van der Waals surface area (Å²) in [6.45, 7) is 0. The van der Waals surface area contributed by atoms with Gasteiger partial charge in [0.15, 0.2) is 11.6 Å². The molecule has 5 nitrogen and oxygen atoms in total. The third kappa shape index (κ3) is 2.07. The first-order valence-electron chi connectivity index (χ1n) is 6.87. The lowest BCUT2D eigenvalue weighted by molar-refractivity contribution is 0.950. The van der Waals surface area contributed by atoms with E-state index in [0.717, 1.165) is 16.7 Å². The summed E-state index contributed by atoms with van der Waals surface area (Å²) in [6.07, 6.45) is 0. The number of nitrogens with zero attached hydrogens (tertiary/aromatic N) is 4. The summed E-state index contributed by atoms with van der Waals surface area (Å²) in [7, 11) is 0. The average Bonchev–Trinajstić information content (AvgIpc) is 3.18. The highest BCUT2D eigenvalue weighted by atomic mass is 35.5. The van der Waals surface area contributed by atoms with E-state index in [-0.39, 0.29) is 5.88 Å². The zero-order valence-electron chi connectivity index (χ0n) is 11.6. The number of hydrogen-bond acceptors (Lipinski definition) is 3. The van der Waals surface area contributed by atoms with Crippen molar-refractivity contribution in [3.63, 3.8) is 0 Å². The van der Waals surface area contributed by atoms with E-state index in [1.165, 1.54) is 0 Å². The predicted molar refractivity (Wildman–Crippen MR) is 86.0 cm³/mol. The van der Waals surface area contributed by atoms with E-state index in [1.54, 1.807) is 0 Å². The van der Waals surface area contributed by atoms with E-state index in [4.69, 9.17) is 11.6 Å². The van der Waals surface area contributed by atoms with Gasteiger partial charge in [-0.1, -0.05) is 30.3 Å². The van der Waals surface area contributed by atoms with Crippen LogP contribution in [0.4, 0.5) is 0 Å². The molecule has 0 aliphatic heterocycles. The second-order valence-electron chi connectivity index (χ2n) is 4.85. The van der Waals surface area contributed by atoms with Crippen molar-refractivity contribution in [2.45, 2.75) is 5.88 Å². The van der Waals surface area contributed by atoms with Crippen LogP contribution in [0.3, 0.4) is 0 Å². The quantitative estimate of drug-likeness (QED) is 0.589. The van der Waals surface area contributed by atoms with Gasteiger partial charge < -0.3 is 4.98 Å². The number of para-hydroxylation sites is 3. The molecule has 0 unspecified atom stereocenters. The van der Waals surface area contributed by atoms with Crippen molar-refractivity contribution < 1.29 is 0 Å². The van der Waals surface area contributed by atoms with E-state index in [9.17, 15) is 0 Å². The normalized spacial score (nSPS) is 11.1. The maximum Gasteiger partial charge on any atom is 0.204 e. The van der Waals surface area contributed by atoms with Gasteiger partial charge >= 0.3 is 0 Å². The van der Waals surface area contributed by atoms with Crippen molar-refractivity contribution in [2.24, 2.45) is 0 Å². The summed E-state index contributed by atoms with van der Waals surface area (Å²) >= 11 is 6.01. The molecule has 0 fully saturated rings. The van der Waals surface area contributed by atoms with Gasteiger partial charge in [-0.15, -0.1) is 21.8 Å². The summed E-state index contributed by atoms with van der Waals surface area (Å²) in [4.78, 5) is 7.88. The lowest BCUT2D eigenvalue weighted by Gasteiger charge is -2.07. The Labute approximate surface area is 131 Å². The molecule has 0 aliphatic carbocycles. The number of aromatic amines is 1. The Hall–Kier alpha value is -2.66. The van der Waals surface area contributed by atoms with Gasteiger partial charge in [0, 0.05) is 5.69 Å². The zero-order chi connectivity index (χ0) is 14.9. The molecule has 0 spiro atoms. The number of fused-ring (bicyclic) bond motifs is 1. The van der Waals surface area contributed by atoms with Crippen LogP contribution in [-0.4, -0.2) is 24.7 Å². The van der Waals surface area contributed by atoms with Gasteiger partial charge in [0.05, 0.1) is 16.9 Å². The number of alkyl halides is 1. The van der Waals surface area contributed by atoms with Crippen molar-refractivity contribution in [3.8, 4) is 17.3 Å². The molecule has 108 valence electrons. The van der Waals surface area contributed by atoms with Crippen molar-refractivity contribution in [3.05, 3.63) is 60.4 Å². The molecule has 6 heteroatoms. The topological polar surface area (TPSA) is 59.4 Å². The lowest BCUT2D eigenvalue weighted by atomic mass is 10.3. The number of imidazole rings is 1. The fourth-order valence-electron chi connectivity index (χ4n) is 2.46. The summed E-state index contributed by atoms with van der Waals surface area (Å²) in [5, 5.41) is 8.44. The van der Waals surface area contributed by atoms with Gasteiger partial charge in [-0.05, 0) is 24.3 Å². The van der Waals surface area contributed by atoms with E-state index >= 15 is 0 Å². The van der Waals surface area contributed by atoms with Gasteiger partial charge in [-0.3, -0.25) is 4.57 Å². The molecule has 4 aromatic rings. The van der Waals surface area contributed by atoms with Gasteiger partial charge in [0.2, 0.25) is 5.82 Å². The molecule has 22 heavy (non-hydrogen) atoms. The summed E-state index contributed by atoms with van der Waals surface area (Å²) in [6, 6.07) is 17.8. The molecule has 2 aromatic heterocycles. The van der Waals surface area contributed by atoms with E-state index in [2.05, 4.69) is 20.2 Å². The molecule has 0 amide bonds. The fourth-order valence-corrected chi connectivity index (χ4v) is 2.64. The summed E-state index contributed by atoms with van der Waals surface area (Å²) in [5.41, 5.74) is 2.82. The fraction of sp³-hybridized carbons (Fsp3) is 0.0625. The Morgan fingerprint density at radius 1 is 0.955 bits per heavy atom. The Balaban J connectivity index is 1.94. The number of aromatic nitrogens is 5. The highest BCUT2D eigenvalue weighted by Gasteiger charge is 2.17. The van der Waals surface area contributed by atoms with Crippen LogP contribution < -0.4 is 0 Å². The summed E-state index contributed by atoms with van der Waals surface area (Å²) < 4.78 is 1.92. The SMILES string of the molecule is ClCc1nnc(-c2nc3ccccc3[nH]2)n1-c1ccccc1. The van der Waals surface area contributed by atoms with Crippen LogP contribution in [0, 0.1) is 0 Å². The molecule has 4 rings (SSSR count). The smallest absolute Gasteiger partial charge is 0.204 e. The minimum absolute atomic E-state index is 0.280. The Morgan fingerprint density at radius 3 is 2.50 bits per heavy atom. The Bertz CT molecular complexity index is 893. The van der Waals surface area contributed by atoms with Crippen molar-refractivity contribution in [2.75, 3.05) is 0 Å². The Morgan fingerprint density at radius 2 is 1.73 bits per heavy atom. The molecule has 0 saturated carbocycles. The number of hydrogen-bond donors (Lipinski definition) is 1. The van der Waals surface area contributed by atoms with Gasteiger partial charge in [-0.25, -0.2) is 4.98 Å². The molecule has 2 aromatic carbocycles. The second-order valence-corrected chi connectivity index (χ2v) is 5.11. The number of H-pyrrole nitrogens is 1. The van der Waals surface area contributed by atoms with Gasteiger partial charge in [0.25, 0.3) is 0 Å². The minimum Gasteiger partial charge on any atom is -0.335 e. The monoisotopic (exact) mass is 309 g/mol. The van der Waals surface area contributed by atoms with Crippen LogP contribution in [0.5, 0.6) is 0 Å². The van der Waals surface area contributed by atoms with Crippen LogP contribution in [0.1, 0.15) is 5.82 Å². The van der Waals surface area contributed by atoms with Crippen molar-refractivity contribution in [1.82, 2.24) is 24.7 Å².